The van der Waals surface area contributed by atoms with Gasteiger partial charge >= 0.3 is 5.97 Å². The third-order valence-electron chi connectivity index (χ3n) is 13.4. The molecule has 2 aromatic carbocycles. The van der Waals surface area contributed by atoms with E-state index in [0.717, 1.165) is 0 Å². The number of nitrogens with one attached hydrogen (secondary N) is 10. The van der Waals surface area contributed by atoms with Gasteiger partial charge in [0.2, 0.25) is 76.8 Å². The van der Waals surface area contributed by atoms with Crippen molar-refractivity contribution in [3.8, 4) is 5.75 Å². The van der Waals surface area contributed by atoms with Gasteiger partial charge in [0.1, 0.15) is 54.1 Å². The second kappa shape index (κ2) is 38.9. The lowest BCUT2D eigenvalue weighted by molar-refractivity contribution is -0.138. The first-order valence-electron chi connectivity index (χ1n) is 28.0. The molecule has 0 unspecified atom stereocenters. The van der Waals surface area contributed by atoms with Crippen LogP contribution in [0.1, 0.15) is 96.1 Å². The van der Waals surface area contributed by atoms with E-state index in [4.69, 9.17) is 28.7 Å². The molecule has 13 amide bonds. The van der Waals surface area contributed by atoms with E-state index in [-0.39, 0.29) is 43.6 Å². The van der Waals surface area contributed by atoms with Crippen molar-refractivity contribution in [2.45, 2.75) is 152 Å². The van der Waals surface area contributed by atoms with Crippen LogP contribution in [0.5, 0.6) is 5.75 Å². The zero-order chi connectivity index (χ0) is 65.3. The number of thiol groups is 1. The summed E-state index contributed by atoms with van der Waals surface area (Å²) < 4.78 is 0. The van der Waals surface area contributed by atoms with E-state index in [2.05, 4.69) is 65.8 Å². The Morgan fingerprint density at radius 3 is 1.54 bits per heavy atom. The average molecular weight is 1240 g/mol. The van der Waals surface area contributed by atoms with Crippen molar-refractivity contribution in [2.75, 3.05) is 25.4 Å². The molecule has 10 atom stereocenters. The van der Waals surface area contributed by atoms with E-state index in [1.807, 2.05) is 0 Å². The highest BCUT2D eigenvalue weighted by atomic mass is 32.1. The lowest BCUT2D eigenvalue weighted by atomic mass is 9.96. The molecule has 0 heterocycles. The van der Waals surface area contributed by atoms with Crippen LogP contribution in [-0.4, -0.2) is 173 Å². The molecule has 0 saturated heterocycles. The van der Waals surface area contributed by atoms with E-state index in [9.17, 15) is 77.3 Å². The Balaban J connectivity index is 2.12. The molecule has 0 aromatic heterocycles. The Bertz CT molecular complexity index is 2710. The smallest absolute Gasteiger partial charge is 0.303 e. The van der Waals surface area contributed by atoms with E-state index in [1.54, 1.807) is 56.3 Å². The first-order valence-corrected chi connectivity index (χ1v) is 28.6. The Labute approximate surface area is 507 Å². The van der Waals surface area contributed by atoms with Crippen LogP contribution < -0.4 is 81.8 Å². The summed E-state index contributed by atoms with van der Waals surface area (Å²) in [6, 6.07) is 2.33. The van der Waals surface area contributed by atoms with Gasteiger partial charge in [-0.05, 0) is 87.6 Å². The van der Waals surface area contributed by atoms with Crippen LogP contribution in [0.3, 0.4) is 0 Å². The highest BCUT2D eigenvalue weighted by Gasteiger charge is 2.35. The Morgan fingerprint density at radius 1 is 0.506 bits per heavy atom. The highest BCUT2D eigenvalue weighted by molar-refractivity contribution is 7.80. The molecule has 0 aliphatic carbocycles. The summed E-state index contributed by atoms with van der Waals surface area (Å²) >= 11 is 4.11. The molecule has 480 valence electrons. The summed E-state index contributed by atoms with van der Waals surface area (Å²) in [7, 11) is 0. The number of aliphatic carboxylic acids is 1. The first-order chi connectivity index (χ1) is 41.1. The second-order valence-corrected chi connectivity index (χ2v) is 20.9. The maximum absolute atomic E-state index is 14.1. The molecule has 0 bridgehead atoms. The molecule has 0 fully saturated rings. The van der Waals surface area contributed by atoms with Gasteiger partial charge in [0.15, 0.2) is 0 Å². The summed E-state index contributed by atoms with van der Waals surface area (Å²) in [6.07, 6.45) is -1.35. The minimum Gasteiger partial charge on any atom is -0.508 e. The molecule has 2 aromatic rings. The van der Waals surface area contributed by atoms with Crippen LogP contribution in [-0.2, 0) is 80.0 Å². The number of unbranched alkanes of at least 4 members (excludes halogenated alkanes) is 1. The van der Waals surface area contributed by atoms with Crippen molar-refractivity contribution >= 4 is 95.4 Å². The second-order valence-electron chi connectivity index (χ2n) is 20.5. The predicted molar refractivity (Wildman–Crippen MR) is 316 cm³/mol. The fourth-order valence-electron chi connectivity index (χ4n) is 8.15. The van der Waals surface area contributed by atoms with Gasteiger partial charge in [-0.15, -0.1) is 0 Å². The number of phenolic OH excluding ortho intramolecular Hbond substituents is 1. The maximum atomic E-state index is 14.1. The Morgan fingerprint density at radius 2 is 1.00 bits per heavy atom. The molecular weight excluding hydrogens is 1160 g/mol. The summed E-state index contributed by atoms with van der Waals surface area (Å²) in [4.78, 5) is 181. The molecule has 0 radical (unpaired) electrons. The van der Waals surface area contributed by atoms with E-state index < -0.39 is 182 Å². The van der Waals surface area contributed by atoms with Crippen molar-refractivity contribution in [3.63, 3.8) is 0 Å². The lowest BCUT2D eigenvalue weighted by Gasteiger charge is -2.29. The molecule has 0 saturated carbocycles. The van der Waals surface area contributed by atoms with Gasteiger partial charge in [-0.2, -0.15) is 12.6 Å². The van der Waals surface area contributed by atoms with E-state index in [1.165, 1.54) is 19.1 Å². The number of phenols is 1. The fraction of sp³-hybridized carbons (Fsp3) is 0.527. The van der Waals surface area contributed by atoms with Crippen LogP contribution in [0.25, 0.3) is 0 Å². The fourth-order valence-corrected chi connectivity index (χ4v) is 8.41. The van der Waals surface area contributed by atoms with Crippen molar-refractivity contribution in [1.82, 2.24) is 53.2 Å². The molecule has 32 heteroatoms. The molecule has 22 N–H and O–H groups in total. The maximum Gasteiger partial charge on any atom is 0.303 e. The molecule has 0 aliphatic heterocycles. The monoisotopic (exact) mass is 1240 g/mol. The molecule has 0 aliphatic rings. The van der Waals surface area contributed by atoms with Crippen LogP contribution in [0.4, 0.5) is 0 Å². The van der Waals surface area contributed by atoms with Crippen LogP contribution in [0.2, 0.25) is 0 Å². The first kappa shape index (κ1) is 74.2. The van der Waals surface area contributed by atoms with Gasteiger partial charge < -0.3 is 92.0 Å². The lowest BCUT2D eigenvalue weighted by Crippen LogP contribution is -2.60. The Kier molecular flexibility index (Phi) is 33.2. The average Bonchev–Trinajstić information content (AvgIpc) is 3.24. The summed E-state index contributed by atoms with van der Waals surface area (Å²) in [6.45, 7) is 3.31. The minimum absolute atomic E-state index is 0.0153. The van der Waals surface area contributed by atoms with Gasteiger partial charge in [-0.3, -0.25) is 67.1 Å². The number of amides is 13. The zero-order valence-electron chi connectivity index (χ0n) is 48.7. The molecule has 87 heavy (non-hydrogen) atoms. The quantitative estimate of drug-likeness (QED) is 0.0218. The zero-order valence-corrected chi connectivity index (χ0v) is 49.6. The standard InChI is InChI=1S/C55H83N15O16S/c1-4-29(2)46(70-54(85)39(25-31-10-6-5-7-11-31)68-49(80)34(57)24-32-13-15-33(71)16-14-32)55(86)67-37(17-20-41(58)72)51(82)63-30(3)48(79)69-40(28-87)50(81)62-26-43(74)61-27-44(75)64-36(19-22-45(76)77)52(83)66-38(18-21-42(59)73)53(84)65-35(47(60)78)12-8-9-23-56/h5-7,10-11,13-16,29-30,34-40,46,71,87H,4,8-9,12,17-28,56-57H2,1-3H3,(H2,58,72)(H2,59,73)(H2,60,78)(H,61,74)(H,62,81)(H,63,82)(H,64,75)(H,65,84)(H,66,83)(H,67,86)(H,68,80)(H,69,79)(H,70,85)(H,76,77)/t29-,30-,34-,35-,36-,37-,38-,39-,40-,46-/m0/s1. The number of hydrogen-bond acceptors (Lipinski definition) is 18. The number of carbonyl (C=O) groups is 14. The van der Waals surface area contributed by atoms with Crippen molar-refractivity contribution < 1.29 is 77.3 Å². The topological polar surface area (TPSA) is 530 Å². The van der Waals surface area contributed by atoms with Crippen molar-refractivity contribution in [1.29, 1.82) is 0 Å². The third-order valence-corrected chi connectivity index (χ3v) is 13.8. The van der Waals surface area contributed by atoms with Gasteiger partial charge in [-0.1, -0.05) is 62.7 Å². The van der Waals surface area contributed by atoms with Gasteiger partial charge in [-0.25, -0.2) is 0 Å². The molecule has 0 spiro atoms. The van der Waals surface area contributed by atoms with Crippen molar-refractivity contribution in [3.05, 3.63) is 65.7 Å². The third kappa shape index (κ3) is 28.7. The number of rotatable bonds is 41. The van der Waals surface area contributed by atoms with Gasteiger partial charge in [0.05, 0.1) is 19.1 Å². The highest BCUT2D eigenvalue weighted by Crippen LogP contribution is 2.14. The van der Waals surface area contributed by atoms with E-state index >= 15 is 0 Å². The number of nitrogens with two attached hydrogens (primary N) is 5. The number of carbonyl (C=O) groups excluding carboxylic acids is 13. The predicted octanol–water partition coefficient (Wildman–Crippen LogP) is -5.38. The number of primary amides is 3. The normalized spacial score (nSPS) is 14.3. The van der Waals surface area contributed by atoms with Crippen LogP contribution in [0.15, 0.2) is 54.6 Å². The molecule has 31 nitrogen and oxygen atoms in total. The summed E-state index contributed by atoms with van der Waals surface area (Å²) in [5.74, 6) is -14.1. The summed E-state index contributed by atoms with van der Waals surface area (Å²) in [5, 5.41) is 43.1. The molecular formula is C55H83N15O16S. The number of benzene rings is 2. The number of carboxylic acids is 1. The summed E-state index contributed by atoms with van der Waals surface area (Å²) in [5.41, 5.74) is 29.1. The number of aromatic hydroxyl groups is 1. The SMILES string of the molecule is CC[C@H](C)[C@H](NC(=O)[C@H](Cc1ccccc1)NC(=O)[C@@H](N)Cc1ccc(O)cc1)C(=O)N[C@@H](CCC(N)=O)C(=O)N[C@@H](C)C(=O)N[C@@H](CS)C(=O)NCC(=O)NCC(=O)N[C@@H](CCC(=O)O)C(=O)N[C@@H](CCC(N)=O)C(=O)N[C@@H](CCCCN)C(N)=O. The van der Waals surface area contributed by atoms with E-state index in [0.29, 0.717) is 36.9 Å². The molecule has 2 rings (SSSR count). The van der Waals surface area contributed by atoms with Crippen LogP contribution >= 0.6 is 12.6 Å². The number of hydrogen-bond donors (Lipinski definition) is 18. The van der Waals surface area contributed by atoms with Crippen LogP contribution in [0, 0.1) is 5.92 Å². The van der Waals surface area contributed by atoms with Gasteiger partial charge in [0, 0.05) is 31.4 Å². The minimum atomic E-state index is -1.62. The number of carboxylic acid groups (broad SMARTS) is 1. The van der Waals surface area contributed by atoms with Crippen molar-refractivity contribution in [2.24, 2.45) is 34.6 Å². The Hall–Kier alpha value is -8.91. The largest absolute Gasteiger partial charge is 0.508 e. The van der Waals surface area contributed by atoms with Gasteiger partial charge in [0.25, 0.3) is 0 Å².